The van der Waals surface area contributed by atoms with E-state index in [0.29, 0.717) is 34.7 Å². The molecule has 1 aromatic carbocycles. The van der Waals surface area contributed by atoms with Gasteiger partial charge >= 0.3 is 12.1 Å². The van der Waals surface area contributed by atoms with E-state index in [9.17, 15) is 18.8 Å². The van der Waals surface area contributed by atoms with Crippen molar-refractivity contribution in [2.75, 3.05) is 45.2 Å². The lowest BCUT2D eigenvalue weighted by Crippen LogP contribution is -2.57. The zero-order valence-electron chi connectivity index (χ0n) is 22.2. The predicted molar refractivity (Wildman–Crippen MR) is 144 cm³/mol. The van der Waals surface area contributed by atoms with Crippen LogP contribution in [-0.4, -0.2) is 78.6 Å². The molecular weight excluding hydrogens is 509 g/mol. The maximum atomic E-state index is 13.3. The van der Waals surface area contributed by atoms with Gasteiger partial charge in [-0.05, 0) is 68.7 Å². The normalized spacial score (nSPS) is 22.1. The fourth-order valence-corrected chi connectivity index (χ4v) is 6.38. The number of nitrogens with zero attached hydrogens (tertiary/aromatic N) is 3. The van der Waals surface area contributed by atoms with Gasteiger partial charge in [0, 0.05) is 33.1 Å². The molecule has 0 aliphatic carbocycles. The third-order valence-corrected chi connectivity index (χ3v) is 8.55. The molecule has 3 atom stereocenters. The number of benzene rings is 1. The van der Waals surface area contributed by atoms with Gasteiger partial charge in [0.2, 0.25) is 0 Å². The molecule has 1 unspecified atom stereocenters. The number of Topliss-reactive ketones (excluding diaryl/α,β-unsaturated/α-hetero) is 1. The van der Waals surface area contributed by atoms with Gasteiger partial charge in [-0.2, -0.15) is 0 Å². The van der Waals surface area contributed by atoms with E-state index in [1.54, 1.807) is 11.8 Å². The largest absolute Gasteiger partial charge is 0.453 e. The highest BCUT2D eigenvalue weighted by molar-refractivity contribution is 7.17. The van der Waals surface area contributed by atoms with Gasteiger partial charge in [0.25, 0.3) is 0 Å². The summed E-state index contributed by atoms with van der Waals surface area (Å²) in [6.07, 6.45) is 3.47. The topological polar surface area (TPSA) is 104 Å². The molecule has 0 spiro atoms. The van der Waals surface area contributed by atoms with Crippen molar-refractivity contribution in [1.29, 1.82) is 0 Å². The first-order chi connectivity index (χ1) is 18.2. The Hall–Kier alpha value is -3.05. The molecule has 2 aliphatic rings. The number of carbonyl (C=O) groups is 3. The summed E-state index contributed by atoms with van der Waals surface area (Å²) < 4.78 is 18.2. The quantitative estimate of drug-likeness (QED) is 0.502. The SMILES string of the molecule is COC(=O)N1CC[C@@H](CN2CCCC(Cc3ccc(F)cc3)C2)[C@@H](NC(=O)Nc2nc(C)c(C(C)=O)s2)C1. The van der Waals surface area contributed by atoms with Crippen molar-refractivity contribution in [3.63, 3.8) is 0 Å². The van der Waals surface area contributed by atoms with Crippen molar-refractivity contribution in [2.24, 2.45) is 11.8 Å². The molecule has 4 rings (SSSR count). The zero-order chi connectivity index (χ0) is 27.2. The molecule has 3 amide bonds. The van der Waals surface area contributed by atoms with Crippen molar-refractivity contribution < 1.29 is 23.5 Å². The average molecular weight is 546 g/mol. The molecule has 0 saturated carbocycles. The third kappa shape index (κ3) is 7.28. The number of ether oxygens (including phenoxy) is 1. The number of anilines is 1. The van der Waals surface area contributed by atoms with Gasteiger partial charge < -0.3 is 19.9 Å². The molecular formula is C27H36FN5O4S. The van der Waals surface area contributed by atoms with Gasteiger partial charge in [0.05, 0.1) is 23.7 Å². The van der Waals surface area contributed by atoms with Crippen LogP contribution in [0.15, 0.2) is 24.3 Å². The Morgan fingerprint density at radius 1 is 1.16 bits per heavy atom. The van der Waals surface area contributed by atoms with Gasteiger partial charge in [0.1, 0.15) is 5.82 Å². The molecule has 1 aromatic heterocycles. The van der Waals surface area contributed by atoms with Crippen LogP contribution in [0.3, 0.4) is 0 Å². The summed E-state index contributed by atoms with van der Waals surface area (Å²) in [4.78, 5) is 45.8. The Balaban J connectivity index is 1.39. The van der Waals surface area contributed by atoms with E-state index in [-0.39, 0.29) is 23.6 Å². The minimum absolute atomic E-state index is 0.0891. The van der Waals surface area contributed by atoms with E-state index in [0.717, 1.165) is 62.2 Å². The van der Waals surface area contributed by atoms with Crippen LogP contribution in [0.5, 0.6) is 0 Å². The summed E-state index contributed by atoms with van der Waals surface area (Å²) in [6, 6.07) is 6.06. The second-order valence-electron chi connectivity index (χ2n) is 10.3. The molecule has 2 aliphatic heterocycles. The summed E-state index contributed by atoms with van der Waals surface area (Å²) in [5, 5.41) is 6.17. The van der Waals surface area contributed by atoms with Gasteiger partial charge in [-0.25, -0.2) is 19.0 Å². The second kappa shape index (κ2) is 12.7. The number of methoxy groups -OCH3 is 1. The summed E-state index contributed by atoms with van der Waals surface area (Å²) in [6.45, 7) is 6.88. The zero-order valence-corrected chi connectivity index (χ0v) is 23.0. The van der Waals surface area contributed by atoms with E-state index >= 15 is 0 Å². The van der Waals surface area contributed by atoms with E-state index < -0.39 is 12.1 Å². The number of rotatable bonds is 7. The number of hydrogen-bond acceptors (Lipinski definition) is 7. The Labute approximate surface area is 226 Å². The van der Waals surface area contributed by atoms with Gasteiger partial charge in [-0.1, -0.05) is 23.5 Å². The van der Waals surface area contributed by atoms with Crippen molar-refractivity contribution in [3.8, 4) is 0 Å². The highest BCUT2D eigenvalue weighted by atomic mass is 32.1. The molecule has 38 heavy (non-hydrogen) atoms. The lowest BCUT2D eigenvalue weighted by atomic mass is 9.88. The first kappa shape index (κ1) is 28.0. The number of aromatic nitrogens is 1. The van der Waals surface area contributed by atoms with Crippen LogP contribution in [0.25, 0.3) is 0 Å². The number of carbonyl (C=O) groups excluding carboxylic acids is 3. The Morgan fingerprint density at radius 2 is 1.92 bits per heavy atom. The minimum atomic E-state index is -0.414. The molecule has 11 heteroatoms. The highest BCUT2D eigenvalue weighted by Crippen LogP contribution is 2.26. The van der Waals surface area contributed by atoms with E-state index in [4.69, 9.17) is 4.74 Å². The van der Waals surface area contributed by atoms with Crippen molar-refractivity contribution >= 4 is 34.4 Å². The number of piperidine rings is 2. The van der Waals surface area contributed by atoms with Gasteiger partial charge in [0.15, 0.2) is 10.9 Å². The molecule has 2 fully saturated rings. The van der Waals surface area contributed by atoms with Crippen LogP contribution >= 0.6 is 11.3 Å². The molecule has 0 radical (unpaired) electrons. The molecule has 9 nitrogen and oxygen atoms in total. The number of thiazole rings is 1. The van der Waals surface area contributed by atoms with Crippen LogP contribution in [0, 0.1) is 24.6 Å². The Bertz CT molecular complexity index is 1140. The Morgan fingerprint density at radius 3 is 2.61 bits per heavy atom. The fraction of sp³-hybridized carbons (Fsp3) is 0.556. The van der Waals surface area contributed by atoms with Crippen LogP contribution in [0.1, 0.15) is 47.1 Å². The lowest BCUT2D eigenvalue weighted by molar-refractivity contribution is 0.0742. The first-order valence-electron chi connectivity index (χ1n) is 13.1. The smallest absolute Gasteiger partial charge is 0.409 e. The number of halogens is 1. The highest BCUT2D eigenvalue weighted by Gasteiger charge is 2.35. The molecule has 2 saturated heterocycles. The molecule has 2 aromatic rings. The number of amides is 3. The van der Waals surface area contributed by atoms with E-state index in [1.807, 2.05) is 12.1 Å². The number of aryl methyl sites for hydroxylation is 1. The van der Waals surface area contributed by atoms with Crippen LogP contribution in [0.4, 0.5) is 19.1 Å². The van der Waals surface area contributed by atoms with E-state index in [2.05, 4.69) is 20.5 Å². The molecule has 0 bridgehead atoms. The van der Waals surface area contributed by atoms with Crippen LogP contribution in [0.2, 0.25) is 0 Å². The van der Waals surface area contributed by atoms with Crippen molar-refractivity contribution in [2.45, 2.75) is 45.6 Å². The van der Waals surface area contributed by atoms with Crippen LogP contribution in [-0.2, 0) is 11.2 Å². The maximum Gasteiger partial charge on any atom is 0.409 e. The number of likely N-dealkylation sites (tertiary alicyclic amines) is 2. The minimum Gasteiger partial charge on any atom is -0.453 e. The van der Waals surface area contributed by atoms with Gasteiger partial charge in [-0.3, -0.25) is 10.1 Å². The molecule has 206 valence electrons. The number of nitrogens with one attached hydrogen (secondary N) is 2. The Kier molecular flexibility index (Phi) is 9.32. The fourth-order valence-electron chi connectivity index (χ4n) is 5.52. The summed E-state index contributed by atoms with van der Waals surface area (Å²) >= 11 is 1.15. The monoisotopic (exact) mass is 545 g/mol. The average Bonchev–Trinajstić information content (AvgIpc) is 3.26. The second-order valence-corrected chi connectivity index (χ2v) is 11.3. The number of hydrogen-bond donors (Lipinski definition) is 2. The molecule has 3 heterocycles. The summed E-state index contributed by atoms with van der Waals surface area (Å²) in [5.41, 5.74) is 1.73. The van der Waals surface area contributed by atoms with Crippen molar-refractivity contribution in [1.82, 2.24) is 20.1 Å². The van der Waals surface area contributed by atoms with Crippen LogP contribution < -0.4 is 10.6 Å². The predicted octanol–water partition coefficient (Wildman–Crippen LogP) is 4.33. The summed E-state index contributed by atoms with van der Waals surface area (Å²) in [5.74, 6) is 0.331. The lowest BCUT2D eigenvalue weighted by Gasteiger charge is -2.42. The molecule has 2 N–H and O–H groups in total. The number of ketones is 1. The first-order valence-corrected chi connectivity index (χ1v) is 13.9. The summed E-state index contributed by atoms with van der Waals surface area (Å²) in [7, 11) is 1.36. The van der Waals surface area contributed by atoms with Gasteiger partial charge in [-0.15, -0.1) is 0 Å². The van der Waals surface area contributed by atoms with Crippen molar-refractivity contribution in [3.05, 3.63) is 46.2 Å². The van der Waals surface area contributed by atoms with E-state index in [1.165, 1.54) is 26.2 Å². The standard InChI is InChI=1S/C27H36FN5O4S/c1-17-24(18(2)34)38-26(29-17)31-25(35)30-23-16-33(27(36)37-3)12-10-21(23)15-32-11-4-5-20(14-32)13-19-6-8-22(28)9-7-19/h6-9,20-21,23H,4-5,10-16H2,1-3H3,(H2,29,30,31,35)/t20?,21-,23-/m0/s1. The number of urea groups is 1. The third-order valence-electron chi connectivity index (χ3n) is 7.38. The maximum absolute atomic E-state index is 13.3.